The summed E-state index contributed by atoms with van der Waals surface area (Å²) in [6, 6.07) is 0. The van der Waals surface area contributed by atoms with Crippen LogP contribution in [-0.2, 0) is 15.6 Å². The van der Waals surface area contributed by atoms with Crippen LogP contribution in [0.4, 0.5) is 0 Å². The van der Waals surface area contributed by atoms with Crippen LogP contribution in [0.15, 0.2) is 0 Å². The zero-order valence-corrected chi connectivity index (χ0v) is 11.2. The van der Waals surface area contributed by atoms with Crippen molar-refractivity contribution in [1.29, 1.82) is 0 Å². The van der Waals surface area contributed by atoms with Crippen molar-refractivity contribution in [2.45, 2.75) is 19.6 Å². The maximum absolute atomic E-state index is 11.2. The van der Waals surface area contributed by atoms with Gasteiger partial charge in [-0.1, -0.05) is 11.6 Å². The summed E-state index contributed by atoms with van der Waals surface area (Å²) in [6.45, 7) is 3.67. The lowest BCUT2D eigenvalue weighted by molar-refractivity contribution is 0.598. The Labute approximate surface area is 104 Å². The van der Waals surface area contributed by atoms with Crippen LogP contribution in [0.1, 0.15) is 17.0 Å². The lowest BCUT2D eigenvalue weighted by Crippen LogP contribution is -2.08. The van der Waals surface area contributed by atoms with Gasteiger partial charge in [0.1, 0.15) is 5.75 Å². The largest absolute Gasteiger partial charge is 0.229 e. The summed E-state index contributed by atoms with van der Waals surface area (Å²) >= 11 is 5.96. The average Bonchev–Trinajstić information content (AvgIpc) is 2.56. The molecule has 0 bridgehead atoms. The molecule has 2 aromatic heterocycles. The van der Waals surface area contributed by atoms with Crippen molar-refractivity contribution in [3.05, 3.63) is 22.1 Å². The van der Waals surface area contributed by atoms with Crippen LogP contribution in [-0.4, -0.2) is 34.5 Å². The highest BCUT2D eigenvalue weighted by molar-refractivity contribution is 7.89. The van der Waals surface area contributed by atoms with E-state index in [-0.39, 0.29) is 11.6 Å². The lowest BCUT2D eigenvalue weighted by atomic mass is 10.2. The number of hydrogen-bond donors (Lipinski definition) is 0. The van der Waals surface area contributed by atoms with E-state index in [9.17, 15) is 8.42 Å². The van der Waals surface area contributed by atoms with Gasteiger partial charge in [0.25, 0.3) is 0 Å². The molecular formula is C9H11ClN4O2S. The standard InChI is InChI=1S/C9H11ClN4O2S/c1-5-6(2)9-12-11-7(4-17(3,15)16)14(9)13-8(5)10/h4H2,1-3H3. The number of fused-ring (bicyclic) bond motifs is 1. The molecule has 2 aromatic rings. The Morgan fingerprint density at radius 3 is 2.47 bits per heavy atom. The van der Waals surface area contributed by atoms with E-state index >= 15 is 0 Å². The molecular weight excluding hydrogens is 264 g/mol. The van der Waals surface area contributed by atoms with Crippen LogP contribution in [0.2, 0.25) is 5.15 Å². The van der Waals surface area contributed by atoms with Crippen LogP contribution in [0.25, 0.3) is 5.65 Å². The third kappa shape index (κ3) is 2.25. The first-order chi connectivity index (χ1) is 7.79. The van der Waals surface area contributed by atoms with Gasteiger partial charge in [-0.15, -0.1) is 10.2 Å². The Hall–Kier alpha value is -1.21. The summed E-state index contributed by atoms with van der Waals surface area (Å²) in [4.78, 5) is 0. The number of rotatable bonds is 2. The molecule has 0 saturated heterocycles. The molecule has 92 valence electrons. The molecule has 0 aliphatic rings. The molecule has 0 spiro atoms. The molecule has 0 unspecified atom stereocenters. The predicted molar refractivity (Wildman–Crippen MR) is 63.8 cm³/mol. The van der Waals surface area contributed by atoms with Gasteiger partial charge in [0.05, 0.1) is 0 Å². The number of nitrogens with zero attached hydrogens (tertiary/aromatic N) is 4. The monoisotopic (exact) mass is 274 g/mol. The first-order valence-electron chi connectivity index (χ1n) is 4.84. The minimum Gasteiger partial charge on any atom is -0.229 e. The molecule has 2 rings (SSSR count). The molecule has 2 heterocycles. The zero-order valence-electron chi connectivity index (χ0n) is 9.60. The minimum absolute atomic E-state index is 0.208. The van der Waals surface area contributed by atoms with E-state index in [2.05, 4.69) is 15.3 Å². The third-order valence-electron chi connectivity index (χ3n) is 2.49. The molecule has 0 aliphatic carbocycles. The fourth-order valence-electron chi connectivity index (χ4n) is 1.46. The predicted octanol–water partition coefficient (Wildman–Crippen LogP) is 0.939. The normalized spacial score (nSPS) is 12.2. The van der Waals surface area contributed by atoms with Crippen molar-refractivity contribution in [3.63, 3.8) is 0 Å². The second-order valence-corrected chi connectivity index (χ2v) is 6.46. The van der Waals surface area contributed by atoms with Gasteiger partial charge in [-0.2, -0.15) is 9.61 Å². The molecule has 17 heavy (non-hydrogen) atoms. The van der Waals surface area contributed by atoms with Crippen molar-refractivity contribution in [3.8, 4) is 0 Å². The highest BCUT2D eigenvalue weighted by atomic mass is 35.5. The summed E-state index contributed by atoms with van der Waals surface area (Å²) in [6.07, 6.45) is 1.14. The molecule has 0 fully saturated rings. The smallest absolute Gasteiger partial charge is 0.181 e. The fourth-order valence-corrected chi connectivity index (χ4v) is 2.33. The van der Waals surface area contributed by atoms with E-state index in [1.807, 2.05) is 13.8 Å². The maximum atomic E-state index is 11.2. The highest BCUT2D eigenvalue weighted by Crippen LogP contribution is 2.19. The van der Waals surface area contributed by atoms with E-state index in [1.54, 1.807) is 0 Å². The molecule has 0 radical (unpaired) electrons. The molecule has 0 aromatic carbocycles. The van der Waals surface area contributed by atoms with Gasteiger partial charge in [0.2, 0.25) is 0 Å². The zero-order chi connectivity index (χ0) is 12.8. The quantitative estimate of drug-likeness (QED) is 0.814. The molecule has 6 nitrogen and oxygen atoms in total. The summed E-state index contributed by atoms with van der Waals surface area (Å²) in [5, 5.41) is 12.2. The van der Waals surface area contributed by atoms with Crippen molar-refractivity contribution in [1.82, 2.24) is 19.8 Å². The minimum atomic E-state index is -3.18. The Balaban J connectivity index is 2.70. The van der Waals surface area contributed by atoms with E-state index in [0.717, 1.165) is 17.4 Å². The van der Waals surface area contributed by atoms with Crippen LogP contribution >= 0.6 is 11.6 Å². The summed E-state index contributed by atoms with van der Waals surface area (Å²) in [5.74, 6) is 0.0625. The van der Waals surface area contributed by atoms with E-state index in [4.69, 9.17) is 11.6 Å². The molecule has 0 saturated carbocycles. The van der Waals surface area contributed by atoms with E-state index in [0.29, 0.717) is 10.8 Å². The second-order valence-electron chi connectivity index (χ2n) is 3.96. The first kappa shape index (κ1) is 12.3. The van der Waals surface area contributed by atoms with E-state index in [1.165, 1.54) is 4.52 Å². The lowest BCUT2D eigenvalue weighted by Gasteiger charge is -2.04. The van der Waals surface area contributed by atoms with Crippen molar-refractivity contribution in [2.75, 3.05) is 6.26 Å². The van der Waals surface area contributed by atoms with E-state index < -0.39 is 9.84 Å². The van der Waals surface area contributed by atoms with Gasteiger partial charge < -0.3 is 0 Å². The maximum Gasteiger partial charge on any atom is 0.181 e. The molecule has 0 amide bonds. The van der Waals surface area contributed by atoms with Gasteiger partial charge in [-0.25, -0.2) is 8.42 Å². The molecule has 0 aliphatic heterocycles. The molecule has 0 N–H and O–H groups in total. The van der Waals surface area contributed by atoms with Crippen LogP contribution in [0.3, 0.4) is 0 Å². The second kappa shape index (κ2) is 3.92. The van der Waals surface area contributed by atoms with Gasteiger partial charge in [0, 0.05) is 11.8 Å². The average molecular weight is 275 g/mol. The highest BCUT2D eigenvalue weighted by Gasteiger charge is 2.16. The first-order valence-corrected chi connectivity index (χ1v) is 7.28. The summed E-state index contributed by atoms with van der Waals surface area (Å²) < 4.78 is 23.9. The van der Waals surface area contributed by atoms with Gasteiger partial charge in [-0.05, 0) is 19.4 Å². The van der Waals surface area contributed by atoms with Gasteiger partial charge >= 0.3 is 0 Å². The summed E-state index contributed by atoms with van der Waals surface area (Å²) in [5.41, 5.74) is 2.19. The van der Waals surface area contributed by atoms with Crippen LogP contribution in [0.5, 0.6) is 0 Å². The topological polar surface area (TPSA) is 77.2 Å². The number of sulfone groups is 1. The van der Waals surface area contributed by atoms with Gasteiger partial charge in [-0.3, -0.25) is 0 Å². The number of aryl methyl sites for hydroxylation is 1. The fraction of sp³-hybridized carbons (Fsp3) is 0.444. The Kier molecular flexibility index (Phi) is 2.82. The van der Waals surface area contributed by atoms with Crippen molar-refractivity contribution in [2.24, 2.45) is 0 Å². The third-order valence-corrected chi connectivity index (χ3v) is 3.63. The SMILES string of the molecule is Cc1c(Cl)nn2c(CS(C)(=O)=O)nnc2c1C. The summed E-state index contributed by atoms with van der Waals surface area (Å²) in [7, 11) is -3.18. The van der Waals surface area contributed by atoms with Crippen LogP contribution < -0.4 is 0 Å². The Morgan fingerprint density at radius 2 is 1.88 bits per heavy atom. The number of halogens is 1. The van der Waals surface area contributed by atoms with Crippen molar-refractivity contribution >= 4 is 27.1 Å². The molecule has 0 atom stereocenters. The van der Waals surface area contributed by atoms with Crippen LogP contribution in [0, 0.1) is 13.8 Å². The molecule has 8 heteroatoms. The Bertz CT molecular complexity index is 693. The number of hydrogen-bond acceptors (Lipinski definition) is 5. The Morgan fingerprint density at radius 1 is 1.24 bits per heavy atom. The van der Waals surface area contributed by atoms with Crippen molar-refractivity contribution < 1.29 is 8.42 Å². The number of aromatic nitrogens is 4. The van der Waals surface area contributed by atoms with Gasteiger partial charge in [0.15, 0.2) is 26.5 Å².